The van der Waals surface area contributed by atoms with Gasteiger partial charge in [-0.15, -0.1) is 0 Å². The standard InChI is InChI=1S/C10H17BrO3/c1-8(12)10(14-9(2)13)6-4-3-5-7-11/h10H,3-7H2,1-2H3. The van der Waals surface area contributed by atoms with Gasteiger partial charge in [-0.2, -0.15) is 0 Å². The molecule has 0 saturated heterocycles. The number of ether oxygens (including phenoxy) is 1. The van der Waals surface area contributed by atoms with Crippen molar-refractivity contribution in [2.75, 3.05) is 5.33 Å². The van der Waals surface area contributed by atoms with Gasteiger partial charge in [0.1, 0.15) is 0 Å². The van der Waals surface area contributed by atoms with E-state index in [1.54, 1.807) is 0 Å². The molecule has 0 aliphatic heterocycles. The molecule has 0 radical (unpaired) electrons. The average Bonchev–Trinajstić information content (AvgIpc) is 2.09. The summed E-state index contributed by atoms with van der Waals surface area (Å²) in [6.07, 6.45) is 3.16. The molecule has 0 aliphatic rings. The van der Waals surface area contributed by atoms with Crippen molar-refractivity contribution in [3.63, 3.8) is 0 Å². The fraction of sp³-hybridized carbons (Fsp3) is 0.800. The molecular formula is C10H17BrO3. The van der Waals surface area contributed by atoms with Crippen molar-refractivity contribution < 1.29 is 14.3 Å². The van der Waals surface area contributed by atoms with Crippen LogP contribution in [0.3, 0.4) is 0 Å². The number of unbranched alkanes of at least 4 members (excludes halogenated alkanes) is 2. The predicted molar refractivity (Wildman–Crippen MR) is 58.5 cm³/mol. The Hall–Kier alpha value is -0.380. The minimum Gasteiger partial charge on any atom is -0.455 e. The van der Waals surface area contributed by atoms with Gasteiger partial charge in [0, 0.05) is 12.3 Å². The number of carbonyl (C=O) groups is 2. The maximum Gasteiger partial charge on any atom is 0.303 e. The van der Waals surface area contributed by atoms with E-state index < -0.39 is 6.10 Å². The van der Waals surface area contributed by atoms with E-state index >= 15 is 0 Å². The Kier molecular flexibility index (Phi) is 7.76. The summed E-state index contributed by atoms with van der Waals surface area (Å²) in [5.41, 5.74) is 0. The van der Waals surface area contributed by atoms with E-state index in [-0.39, 0.29) is 11.8 Å². The summed E-state index contributed by atoms with van der Waals surface area (Å²) in [4.78, 5) is 21.7. The number of rotatable bonds is 7. The van der Waals surface area contributed by atoms with Crippen molar-refractivity contribution in [3.05, 3.63) is 0 Å². The minimum absolute atomic E-state index is 0.0703. The number of alkyl halides is 1. The molecule has 1 unspecified atom stereocenters. The summed E-state index contributed by atoms with van der Waals surface area (Å²) < 4.78 is 4.89. The summed E-state index contributed by atoms with van der Waals surface area (Å²) in [5.74, 6) is -0.454. The molecule has 0 fully saturated rings. The zero-order valence-electron chi connectivity index (χ0n) is 8.72. The van der Waals surface area contributed by atoms with Crippen molar-refractivity contribution in [1.29, 1.82) is 0 Å². The second kappa shape index (κ2) is 7.97. The predicted octanol–water partition coefficient (Wildman–Crippen LogP) is 2.46. The minimum atomic E-state index is -0.539. The molecule has 4 heteroatoms. The Bertz CT molecular complexity index is 192. The lowest BCUT2D eigenvalue weighted by Crippen LogP contribution is -2.24. The lowest BCUT2D eigenvalue weighted by Gasteiger charge is -2.13. The lowest BCUT2D eigenvalue weighted by atomic mass is 10.1. The van der Waals surface area contributed by atoms with Gasteiger partial charge in [0.25, 0.3) is 0 Å². The van der Waals surface area contributed by atoms with Crippen molar-refractivity contribution in [2.24, 2.45) is 0 Å². The Labute approximate surface area is 93.3 Å². The van der Waals surface area contributed by atoms with Crippen LogP contribution < -0.4 is 0 Å². The molecule has 0 bridgehead atoms. The van der Waals surface area contributed by atoms with Gasteiger partial charge in [-0.1, -0.05) is 22.4 Å². The highest BCUT2D eigenvalue weighted by Crippen LogP contribution is 2.09. The molecule has 0 spiro atoms. The summed E-state index contributed by atoms with van der Waals surface area (Å²) in [6, 6.07) is 0. The van der Waals surface area contributed by atoms with Gasteiger partial charge in [-0.05, 0) is 26.2 Å². The van der Waals surface area contributed by atoms with Crippen LogP contribution in [0.2, 0.25) is 0 Å². The monoisotopic (exact) mass is 264 g/mol. The summed E-state index contributed by atoms with van der Waals surface area (Å²) >= 11 is 3.33. The van der Waals surface area contributed by atoms with Gasteiger partial charge in [-0.25, -0.2) is 0 Å². The molecule has 14 heavy (non-hydrogen) atoms. The first-order chi connectivity index (χ1) is 6.57. The fourth-order valence-electron chi connectivity index (χ4n) is 1.15. The highest BCUT2D eigenvalue weighted by Gasteiger charge is 2.16. The lowest BCUT2D eigenvalue weighted by molar-refractivity contribution is -0.152. The highest BCUT2D eigenvalue weighted by molar-refractivity contribution is 9.09. The van der Waals surface area contributed by atoms with Gasteiger partial charge in [0.2, 0.25) is 0 Å². The zero-order valence-corrected chi connectivity index (χ0v) is 10.3. The second-order valence-electron chi connectivity index (χ2n) is 3.25. The topological polar surface area (TPSA) is 43.4 Å². The third-order valence-corrected chi connectivity index (χ3v) is 2.42. The molecule has 0 aromatic rings. The van der Waals surface area contributed by atoms with Crippen LogP contribution in [0, 0.1) is 0 Å². The molecule has 1 atom stereocenters. The van der Waals surface area contributed by atoms with Crippen LogP contribution in [-0.4, -0.2) is 23.2 Å². The Morgan fingerprint density at radius 3 is 2.29 bits per heavy atom. The number of carbonyl (C=O) groups excluding carboxylic acids is 2. The maximum absolute atomic E-state index is 11.1. The second-order valence-corrected chi connectivity index (χ2v) is 4.04. The van der Waals surface area contributed by atoms with E-state index in [2.05, 4.69) is 15.9 Å². The number of ketones is 1. The van der Waals surface area contributed by atoms with Crippen molar-refractivity contribution in [3.8, 4) is 0 Å². The number of Topliss-reactive ketones (excluding diaryl/α,β-unsaturated/α-hetero) is 1. The van der Waals surface area contributed by atoms with Crippen LogP contribution in [0.1, 0.15) is 39.5 Å². The first kappa shape index (κ1) is 13.6. The molecule has 0 aliphatic carbocycles. The van der Waals surface area contributed by atoms with Gasteiger partial charge >= 0.3 is 5.97 Å². The van der Waals surface area contributed by atoms with Crippen LogP contribution in [0.25, 0.3) is 0 Å². The number of halogens is 1. The largest absolute Gasteiger partial charge is 0.455 e. The van der Waals surface area contributed by atoms with Crippen LogP contribution in [0.5, 0.6) is 0 Å². The quantitative estimate of drug-likeness (QED) is 0.403. The molecular weight excluding hydrogens is 248 g/mol. The highest BCUT2D eigenvalue weighted by atomic mass is 79.9. The summed E-state index contributed by atoms with van der Waals surface area (Å²) in [7, 11) is 0. The Balaban J connectivity index is 3.74. The number of esters is 1. The third-order valence-electron chi connectivity index (χ3n) is 1.86. The molecule has 0 amide bonds. The van der Waals surface area contributed by atoms with Crippen molar-refractivity contribution >= 4 is 27.7 Å². The van der Waals surface area contributed by atoms with Crippen LogP contribution in [0.15, 0.2) is 0 Å². The Morgan fingerprint density at radius 2 is 1.86 bits per heavy atom. The third kappa shape index (κ3) is 7.06. The summed E-state index contributed by atoms with van der Waals surface area (Å²) in [6.45, 7) is 2.78. The van der Waals surface area contributed by atoms with Gasteiger partial charge in [0.05, 0.1) is 0 Å². The van der Waals surface area contributed by atoms with E-state index in [0.717, 1.165) is 24.6 Å². The molecule has 0 N–H and O–H groups in total. The maximum atomic E-state index is 11.1. The molecule has 82 valence electrons. The number of hydrogen-bond acceptors (Lipinski definition) is 3. The zero-order chi connectivity index (χ0) is 11.0. The van der Waals surface area contributed by atoms with Gasteiger partial charge in [-0.3, -0.25) is 9.59 Å². The van der Waals surface area contributed by atoms with Crippen molar-refractivity contribution in [2.45, 2.75) is 45.6 Å². The van der Waals surface area contributed by atoms with Crippen LogP contribution in [-0.2, 0) is 14.3 Å². The van der Waals surface area contributed by atoms with Crippen LogP contribution in [0.4, 0.5) is 0 Å². The van der Waals surface area contributed by atoms with Crippen LogP contribution >= 0.6 is 15.9 Å². The summed E-state index contributed by atoms with van der Waals surface area (Å²) in [5, 5.41) is 0.977. The van der Waals surface area contributed by atoms with E-state index in [0.29, 0.717) is 6.42 Å². The smallest absolute Gasteiger partial charge is 0.303 e. The normalized spacial score (nSPS) is 12.2. The Morgan fingerprint density at radius 1 is 1.21 bits per heavy atom. The average molecular weight is 265 g/mol. The van der Waals surface area contributed by atoms with Gasteiger partial charge < -0.3 is 4.74 Å². The molecule has 0 heterocycles. The fourth-order valence-corrected chi connectivity index (χ4v) is 1.54. The van der Waals surface area contributed by atoms with E-state index in [9.17, 15) is 9.59 Å². The van der Waals surface area contributed by atoms with E-state index in [4.69, 9.17) is 4.74 Å². The first-order valence-electron chi connectivity index (χ1n) is 4.81. The molecule has 0 aromatic carbocycles. The van der Waals surface area contributed by atoms with E-state index in [1.165, 1.54) is 13.8 Å². The SMILES string of the molecule is CC(=O)OC(CCCCCBr)C(C)=O. The first-order valence-corrected chi connectivity index (χ1v) is 5.93. The molecule has 0 saturated carbocycles. The molecule has 3 nitrogen and oxygen atoms in total. The molecule has 0 aromatic heterocycles. The van der Waals surface area contributed by atoms with Gasteiger partial charge in [0.15, 0.2) is 11.9 Å². The van der Waals surface area contributed by atoms with Crippen molar-refractivity contribution in [1.82, 2.24) is 0 Å². The number of hydrogen-bond donors (Lipinski definition) is 0. The molecule has 0 rings (SSSR count). The van der Waals surface area contributed by atoms with E-state index in [1.807, 2.05) is 0 Å².